The molecule has 3 rings (SSSR count). The van der Waals surface area contributed by atoms with E-state index in [4.69, 9.17) is 21.1 Å². The SMILES string of the molecule is COCCOc1ccc(-c2ncc(C(F)(F)F)[nH]2)cc1NC(=O)C#Cc1ccc(F)c(Cl)c1. The molecule has 11 heteroatoms. The maximum Gasteiger partial charge on any atom is 0.432 e. The molecule has 0 unspecified atom stereocenters. The highest BCUT2D eigenvalue weighted by Crippen LogP contribution is 2.32. The van der Waals surface area contributed by atoms with Gasteiger partial charge in [0.2, 0.25) is 0 Å². The summed E-state index contributed by atoms with van der Waals surface area (Å²) in [5.41, 5.74) is -0.257. The predicted molar refractivity (Wildman–Crippen MR) is 113 cm³/mol. The molecule has 2 aromatic carbocycles. The topological polar surface area (TPSA) is 76.2 Å². The number of aromatic amines is 1. The van der Waals surface area contributed by atoms with E-state index < -0.39 is 23.6 Å². The van der Waals surface area contributed by atoms with Crippen LogP contribution in [0, 0.1) is 17.7 Å². The number of nitrogens with one attached hydrogen (secondary N) is 2. The van der Waals surface area contributed by atoms with Crippen molar-refractivity contribution in [2.24, 2.45) is 0 Å². The van der Waals surface area contributed by atoms with Gasteiger partial charge in [-0.2, -0.15) is 13.2 Å². The van der Waals surface area contributed by atoms with Crippen molar-refractivity contribution in [3.63, 3.8) is 0 Å². The lowest BCUT2D eigenvalue weighted by atomic mass is 10.1. The van der Waals surface area contributed by atoms with Gasteiger partial charge in [-0.25, -0.2) is 9.37 Å². The van der Waals surface area contributed by atoms with Crippen molar-refractivity contribution in [2.75, 3.05) is 25.6 Å². The molecule has 0 aliphatic heterocycles. The van der Waals surface area contributed by atoms with Crippen LogP contribution in [-0.2, 0) is 15.7 Å². The first-order valence-corrected chi connectivity index (χ1v) is 9.71. The van der Waals surface area contributed by atoms with Gasteiger partial charge in [0.25, 0.3) is 0 Å². The summed E-state index contributed by atoms with van der Waals surface area (Å²) in [6.07, 6.45) is -3.90. The van der Waals surface area contributed by atoms with E-state index >= 15 is 0 Å². The van der Waals surface area contributed by atoms with Crippen LogP contribution in [-0.4, -0.2) is 36.2 Å². The molecule has 0 aliphatic rings. The fourth-order valence-corrected chi connectivity index (χ4v) is 2.78. The van der Waals surface area contributed by atoms with E-state index in [1.165, 1.54) is 37.4 Å². The van der Waals surface area contributed by atoms with Crippen molar-refractivity contribution in [2.45, 2.75) is 6.18 Å². The van der Waals surface area contributed by atoms with Gasteiger partial charge >= 0.3 is 12.1 Å². The van der Waals surface area contributed by atoms with Crippen LogP contribution >= 0.6 is 11.6 Å². The maximum absolute atomic E-state index is 13.2. The number of ether oxygens (including phenoxy) is 2. The van der Waals surface area contributed by atoms with Gasteiger partial charge in [-0.15, -0.1) is 0 Å². The van der Waals surface area contributed by atoms with Crippen LogP contribution < -0.4 is 10.1 Å². The molecule has 0 radical (unpaired) electrons. The van der Waals surface area contributed by atoms with Crippen LogP contribution in [0.15, 0.2) is 42.6 Å². The first-order chi connectivity index (χ1) is 15.7. The molecule has 0 saturated heterocycles. The third-order valence-corrected chi connectivity index (χ3v) is 4.46. The number of H-pyrrole nitrogens is 1. The van der Waals surface area contributed by atoms with E-state index in [1.54, 1.807) is 0 Å². The maximum atomic E-state index is 13.2. The van der Waals surface area contributed by atoms with Gasteiger partial charge in [-0.05, 0) is 36.4 Å². The quantitative estimate of drug-likeness (QED) is 0.298. The molecule has 172 valence electrons. The highest BCUT2D eigenvalue weighted by atomic mass is 35.5. The van der Waals surface area contributed by atoms with E-state index in [9.17, 15) is 22.4 Å². The van der Waals surface area contributed by atoms with Crippen molar-refractivity contribution in [3.05, 3.63) is 64.7 Å². The second kappa shape index (κ2) is 10.4. The molecule has 2 N–H and O–H groups in total. The number of halogens is 5. The Hall–Kier alpha value is -3.55. The fraction of sp³-hybridized carbons (Fsp3) is 0.182. The molecule has 0 saturated carbocycles. The Morgan fingerprint density at radius 2 is 2.00 bits per heavy atom. The number of alkyl halides is 3. The zero-order chi connectivity index (χ0) is 24.0. The molecule has 0 bridgehead atoms. The van der Waals surface area contributed by atoms with E-state index in [0.29, 0.717) is 11.8 Å². The molecule has 1 heterocycles. The molecule has 0 spiro atoms. The van der Waals surface area contributed by atoms with Gasteiger partial charge in [0, 0.05) is 24.2 Å². The number of aromatic nitrogens is 2. The van der Waals surface area contributed by atoms with Crippen molar-refractivity contribution >= 4 is 23.2 Å². The zero-order valence-electron chi connectivity index (χ0n) is 17.0. The van der Waals surface area contributed by atoms with Crippen LogP contribution in [0.4, 0.5) is 23.2 Å². The number of amides is 1. The lowest BCUT2D eigenvalue weighted by Gasteiger charge is -2.12. The molecule has 0 aliphatic carbocycles. The average molecular weight is 482 g/mol. The molecule has 6 nitrogen and oxygen atoms in total. The minimum Gasteiger partial charge on any atom is -0.489 e. The summed E-state index contributed by atoms with van der Waals surface area (Å²) in [4.78, 5) is 18.3. The van der Waals surface area contributed by atoms with Gasteiger partial charge in [-0.3, -0.25) is 4.79 Å². The summed E-state index contributed by atoms with van der Waals surface area (Å²) in [6.45, 7) is 0.435. The van der Waals surface area contributed by atoms with Crippen molar-refractivity contribution < 1.29 is 31.8 Å². The number of benzene rings is 2. The zero-order valence-corrected chi connectivity index (χ0v) is 17.8. The van der Waals surface area contributed by atoms with Crippen molar-refractivity contribution in [1.29, 1.82) is 0 Å². The van der Waals surface area contributed by atoms with E-state index in [1.807, 2.05) is 0 Å². The van der Waals surface area contributed by atoms with Crippen LogP contribution in [0.25, 0.3) is 11.4 Å². The minimum absolute atomic E-state index is 0.0479. The average Bonchev–Trinajstić information content (AvgIpc) is 3.27. The first kappa shape index (κ1) is 24.1. The van der Waals surface area contributed by atoms with Gasteiger partial charge in [0.1, 0.15) is 29.7 Å². The monoisotopic (exact) mass is 481 g/mol. The van der Waals surface area contributed by atoms with Crippen LogP contribution in [0.3, 0.4) is 0 Å². The van der Waals surface area contributed by atoms with Crippen molar-refractivity contribution in [1.82, 2.24) is 9.97 Å². The summed E-state index contributed by atoms with van der Waals surface area (Å²) < 4.78 is 62.4. The van der Waals surface area contributed by atoms with Crippen LogP contribution in [0.1, 0.15) is 11.3 Å². The Labute approximate surface area is 190 Å². The Morgan fingerprint density at radius 1 is 1.21 bits per heavy atom. The van der Waals surface area contributed by atoms with E-state index in [2.05, 4.69) is 27.1 Å². The number of nitrogens with zero attached hydrogens (tertiary/aromatic N) is 1. The normalized spacial score (nSPS) is 11.0. The number of carbonyl (C=O) groups is 1. The second-order valence-electron chi connectivity index (χ2n) is 6.53. The number of imidazole rings is 1. The standard InChI is InChI=1S/C22H16ClF4N3O3/c1-32-8-9-33-18-6-4-14(21-28-12-19(30-21)22(25,26)27)11-17(18)29-20(31)7-3-13-2-5-16(24)15(23)10-13/h2,4-6,10-12H,8-9H2,1H3,(H,28,30)(H,29,31). The molecule has 3 aromatic rings. The number of rotatable bonds is 6. The molecule has 1 amide bonds. The molecule has 0 fully saturated rings. The van der Waals surface area contributed by atoms with Gasteiger partial charge in [0.05, 0.1) is 23.5 Å². The molecular formula is C22H16ClF4N3O3. The third-order valence-electron chi connectivity index (χ3n) is 4.17. The number of anilines is 1. The van der Waals surface area contributed by atoms with E-state index in [-0.39, 0.29) is 41.1 Å². The summed E-state index contributed by atoms with van der Waals surface area (Å²) in [7, 11) is 1.49. The predicted octanol–water partition coefficient (Wildman–Crippen LogP) is 4.90. The first-order valence-electron chi connectivity index (χ1n) is 9.34. The minimum atomic E-state index is -4.58. The fourth-order valence-electron chi connectivity index (χ4n) is 2.60. The lowest BCUT2D eigenvalue weighted by molar-refractivity contribution is -0.140. The second-order valence-corrected chi connectivity index (χ2v) is 6.94. The Kier molecular flexibility index (Phi) is 7.58. The largest absolute Gasteiger partial charge is 0.489 e. The third kappa shape index (κ3) is 6.47. The molecule has 0 atom stereocenters. The highest BCUT2D eigenvalue weighted by molar-refractivity contribution is 6.30. The van der Waals surface area contributed by atoms with Gasteiger partial charge < -0.3 is 19.8 Å². The molecule has 1 aromatic heterocycles. The smallest absolute Gasteiger partial charge is 0.432 e. The van der Waals surface area contributed by atoms with Gasteiger partial charge in [0.15, 0.2) is 0 Å². The lowest BCUT2D eigenvalue weighted by Crippen LogP contribution is -2.12. The summed E-state index contributed by atoms with van der Waals surface area (Å²) in [5.74, 6) is 3.74. The highest BCUT2D eigenvalue weighted by Gasteiger charge is 2.33. The van der Waals surface area contributed by atoms with Crippen molar-refractivity contribution in [3.8, 4) is 29.0 Å². The summed E-state index contributed by atoms with van der Waals surface area (Å²) >= 11 is 5.70. The number of carbonyl (C=O) groups excluding carboxylic acids is 1. The Balaban J connectivity index is 1.86. The molecule has 33 heavy (non-hydrogen) atoms. The summed E-state index contributed by atoms with van der Waals surface area (Å²) in [6, 6.07) is 8.11. The molecular weight excluding hydrogens is 466 g/mol. The van der Waals surface area contributed by atoms with E-state index in [0.717, 1.165) is 6.07 Å². The van der Waals surface area contributed by atoms with Crippen LogP contribution in [0.2, 0.25) is 5.02 Å². The summed E-state index contributed by atoms with van der Waals surface area (Å²) in [5, 5.41) is 2.39. The Morgan fingerprint density at radius 3 is 2.67 bits per heavy atom. The Bertz CT molecular complexity index is 1220. The van der Waals surface area contributed by atoms with Gasteiger partial charge in [-0.1, -0.05) is 17.5 Å². The van der Waals surface area contributed by atoms with Crippen LogP contribution in [0.5, 0.6) is 5.75 Å². The number of hydrogen-bond donors (Lipinski definition) is 2. The number of methoxy groups -OCH3 is 1. The number of hydrogen-bond acceptors (Lipinski definition) is 4.